The molecule has 0 aromatic heterocycles. The molecule has 0 aromatic rings. The van der Waals surface area contributed by atoms with Gasteiger partial charge in [0, 0.05) is 0 Å². The van der Waals surface area contributed by atoms with Crippen molar-refractivity contribution >= 4 is 0 Å². The van der Waals surface area contributed by atoms with Crippen LogP contribution in [0.1, 0.15) is 67.7 Å². The van der Waals surface area contributed by atoms with Crippen LogP contribution < -0.4 is 0 Å². The molecular formula is C13H32. The minimum atomic E-state index is 0.935. The van der Waals surface area contributed by atoms with Crippen molar-refractivity contribution in [2.24, 2.45) is 5.92 Å². The summed E-state index contributed by atoms with van der Waals surface area (Å²) in [5, 5.41) is 0. The highest BCUT2D eigenvalue weighted by molar-refractivity contribution is 4.41. The standard InChI is InChI=1S/C6H14.C3H8.C2H6.C2H4/c1-4-6(3)5-2;1-3-2;2*1-2/h6H,4-5H2,1-3H3;3H2,1-2H3;1-2H3;1-2H2. The molecule has 0 N–H and O–H groups in total. The van der Waals surface area contributed by atoms with Crippen LogP contribution >= 0.6 is 0 Å². The molecule has 0 amide bonds. The summed E-state index contributed by atoms with van der Waals surface area (Å²) in [6.45, 7) is 21.0. The maximum atomic E-state index is 3.00. The number of rotatable bonds is 2. The molecule has 0 unspecified atom stereocenters. The molecule has 0 heteroatoms. The van der Waals surface area contributed by atoms with Crippen molar-refractivity contribution in [3.8, 4) is 0 Å². The first kappa shape index (κ1) is 23.0. The van der Waals surface area contributed by atoms with E-state index in [1.165, 1.54) is 19.3 Å². The maximum absolute atomic E-state index is 3.00. The molecule has 0 aliphatic heterocycles. The third-order valence-electron chi connectivity index (χ3n) is 1.39. The van der Waals surface area contributed by atoms with Crippen LogP contribution in [-0.2, 0) is 0 Å². The van der Waals surface area contributed by atoms with E-state index in [9.17, 15) is 0 Å². The molecule has 0 bridgehead atoms. The van der Waals surface area contributed by atoms with Gasteiger partial charge in [0.05, 0.1) is 0 Å². The lowest BCUT2D eigenvalue weighted by Crippen LogP contribution is -1.85. The molecule has 0 heterocycles. The number of hydrogen-bond donors (Lipinski definition) is 0. The van der Waals surface area contributed by atoms with Gasteiger partial charge in [0.2, 0.25) is 0 Å². The molecule has 0 spiro atoms. The van der Waals surface area contributed by atoms with Crippen LogP contribution in [0.15, 0.2) is 13.2 Å². The second-order valence-corrected chi connectivity index (χ2v) is 2.63. The van der Waals surface area contributed by atoms with Gasteiger partial charge in [0.25, 0.3) is 0 Å². The van der Waals surface area contributed by atoms with Crippen LogP contribution in [0.5, 0.6) is 0 Å². The van der Waals surface area contributed by atoms with Crippen LogP contribution in [-0.4, -0.2) is 0 Å². The Hall–Kier alpha value is -0.260. The van der Waals surface area contributed by atoms with Crippen molar-refractivity contribution in [1.29, 1.82) is 0 Å². The van der Waals surface area contributed by atoms with Gasteiger partial charge in [-0.1, -0.05) is 67.7 Å². The molecule has 0 aliphatic carbocycles. The Balaban J connectivity index is -0.0000000493. The molecule has 0 radical (unpaired) electrons. The summed E-state index contributed by atoms with van der Waals surface area (Å²) in [6.07, 6.45) is 3.91. The monoisotopic (exact) mass is 188 g/mol. The summed E-state index contributed by atoms with van der Waals surface area (Å²) in [7, 11) is 0. The fraction of sp³-hybridized carbons (Fsp3) is 0.846. The third-order valence-corrected chi connectivity index (χ3v) is 1.39. The highest BCUT2D eigenvalue weighted by Gasteiger charge is 1.88. The summed E-state index contributed by atoms with van der Waals surface area (Å²) in [6, 6.07) is 0. The van der Waals surface area contributed by atoms with E-state index in [0.717, 1.165) is 5.92 Å². The van der Waals surface area contributed by atoms with Crippen molar-refractivity contribution in [2.75, 3.05) is 0 Å². The zero-order valence-corrected chi connectivity index (χ0v) is 11.1. The zero-order chi connectivity index (χ0) is 11.7. The molecule has 0 saturated carbocycles. The first-order chi connectivity index (χ1) is 6.22. The fourth-order valence-corrected chi connectivity index (χ4v) is 0.289. The van der Waals surface area contributed by atoms with Crippen molar-refractivity contribution in [3.63, 3.8) is 0 Å². The predicted molar refractivity (Wildman–Crippen MR) is 68.3 cm³/mol. The van der Waals surface area contributed by atoms with Gasteiger partial charge in [-0.15, -0.1) is 13.2 Å². The van der Waals surface area contributed by atoms with Gasteiger partial charge in [-0.25, -0.2) is 0 Å². The maximum Gasteiger partial charge on any atom is -0.0448 e. The topological polar surface area (TPSA) is 0 Å². The lowest BCUT2D eigenvalue weighted by molar-refractivity contribution is 0.544. The molecule has 0 saturated heterocycles. The van der Waals surface area contributed by atoms with E-state index in [4.69, 9.17) is 0 Å². The molecule has 0 aromatic carbocycles. The Bertz CT molecular complexity index is 35.3. The lowest BCUT2D eigenvalue weighted by atomic mass is 10.1. The van der Waals surface area contributed by atoms with Crippen LogP contribution in [0.4, 0.5) is 0 Å². The van der Waals surface area contributed by atoms with Gasteiger partial charge in [0.15, 0.2) is 0 Å². The van der Waals surface area contributed by atoms with E-state index in [1.807, 2.05) is 13.8 Å². The van der Waals surface area contributed by atoms with Gasteiger partial charge < -0.3 is 0 Å². The van der Waals surface area contributed by atoms with E-state index < -0.39 is 0 Å². The summed E-state index contributed by atoms with van der Waals surface area (Å²) in [5.41, 5.74) is 0. The van der Waals surface area contributed by atoms with Crippen molar-refractivity contribution < 1.29 is 0 Å². The second-order valence-electron chi connectivity index (χ2n) is 2.63. The minimum absolute atomic E-state index is 0.935. The summed E-state index contributed by atoms with van der Waals surface area (Å²) >= 11 is 0. The van der Waals surface area contributed by atoms with E-state index >= 15 is 0 Å². The van der Waals surface area contributed by atoms with Gasteiger partial charge >= 0.3 is 0 Å². The van der Waals surface area contributed by atoms with Crippen LogP contribution in [0.25, 0.3) is 0 Å². The Morgan fingerprint density at radius 3 is 1.00 bits per heavy atom. The van der Waals surface area contributed by atoms with Crippen LogP contribution in [0.2, 0.25) is 0 Å². The molecule has 13 heavy (non-hydrogen) atoms. The quantitative estimate of drug-likeness (QED) is 0.488. The molecule has 0 rings (SSSR count). The largest absolute Gasteiger partial charge is 0.106 e. The Morgan fingerprint density at radius 2 is 1.00 bits per heavy atom. The molecule has 0 fully saturated rings. The van der Waals surface area contributed by atoms with E-state index in [2.05, 4.69) is 47.8 Å². The highest BCUT2D eigenvalue weighted by atomic mass is 13.9. The molecule has 0 aliphatic rings. The van der Waals surface area contributed by atoms with Gasteiger partial charge in [-0.05, 0) is 5.92 Å². The second kappa shape index (κ2) is 41.1. The molecule has 0 atom stereocenters. The van der Waals surface area contributed by atoms with E-state index in [-0.39, 0.29) is 0 Å². The Morgan fingerprint density at radius 1 is 0.846 bits per heavy atom. The lowest BCUT2D eigenvalue weighted by Gasteiger charge is -1.98. The summed E-state index contributed by atoms with van der Waals surface area (Å²) < 4.78 is 0. The average molecular weight is 188 g/mol. The van der Waals surface area contributed by atoms with Crippen molar-refractivity contribution in [2.45, 2.75) is 67.7 Å². The van der Waals surface area contributed by atoms with Crippen molar-refractivity contribution in [1.82, 2.24) is 0 Å². The highest BCUT2D eigenvalue weighted by Crippen LogP contribution is 2.02. The normalized spacial score (nSPS) is 6.77. The fourth-order valence-electron chi connectivity index (χ4n) is 0.289. The Labute approximate surface area is 87.4 Å². The van der Waals surface area contributed by atoms with Gasteiger partial charge in [-0.2, -0.15) is 0 Å². The summed E-state index contributed by atoms with van der Waals surface area (Å²) in [5.74, 6) is 0.935. The number of hydrogen-bond acceptors (Lipinski definition) is 0. The minimum Gasteiger partial charge on any atom is -0.106 e. The first-order valence-electron chi connectivity index (χ1n) is 5.72. The molecule has 0 nitrogen and oxygen atoms in total. The van der Waals surface area contributed by atoms with Crippen LogP contribution in [0, 0.1) is 5.92 Å². The van der Waals surface area contributed by atoms with Crippen LogP contribution in [0.3, 0.4) is 0 Å². The Kier molecular flexibility index (Phi) is 72.7. The third kappa shape index (κ3) is 79.6. The van der Waals surface area contributed by atoms with Gasteiger partial charge in [0.1, 0.15) is 0 Å². The smallest absolute Gasteiger partial charge is 0.0448 e. The van der Waals surface area contributed by atoms with E-state index in [1.54, 1.807) is 0 Å². The SMILES string of the molecule is C=C.CC.CCC.CCC(C)CC. The van der Waals surface area contributed by atoms with Crippen molar-refractivity contribution in [3.05, 3.63) is 13.2 Å². The first-order valence-corrected chi connectivity index (χ1v) is 5.72. The van der Waals surface area contributed by atoms with E-state index in [0.29, 0.717) is 0 Å². The molecular weight excluding hydrogens is 156 g/mol. The predicted octanol–water partition coefficient (Wildman–Crippen LogP) is 5.69. The van der Waals surface area contributed by atoms with Gasteiger partial charge in [-0.3, -0.25) is 0 Å². The summed E-state index contributed by atoms with van der Waals surface area (Å²) in [4.78, 5) is 0. The molecule has 84 valence electrons. The zero-order valence-electron chi connectivity index (χ0n) is 11.1. The average Bonchev–Trinajstić information content (AvgIpc) is 2.24.